The third-order valence-corrected chi connectivity index (χ3v) is 4.04. The van der Waals surface area contributed by atoms with Gasteiger partial charge in [0.1, 0.15) is 5.76 Å². The van der Waals surface area contributed by atoms with Crippen LogP contribution in [0.25, 0.3) is 0 Å². The minimum Gasteiger partial charge on any atom is -0.361 e. The summed E-state index contributed by atoms with van der Waals surface area (Å²) in [5, 5.41) is 4.00. The molecule has 0 radical (unpaired) electrons. The number of halogens is 1. The number of carbonyl (C=O) groups is 1. The van der Waals surface area contributed by atoms with Gasteiger partial charge in [-0.1, -0.05) is 5.16 Å². The van der Waals surface area contributed by atoms with Crippen molar-refractivity contribution in [1.82, 2.24) is 9.72 Å². The molecule has 0 saturated heterocycles. The summed E-state index contributed by atoms with van der Waals surface area (Å²) in [6.45, 7) is 9.86. The van der Waals surface area contributed by atoms with Crippen LogP contribution in [0.3, 0.4) is 0 Å². The molecule has 0 aromatic carbocycles. The van der Waals surface area contributed by atoms with Crippen molar-refractivity contribution in [2.24, 2.45) is 0 Å². The highest BCUT2D eigenvalue weighted by atomic mass is 35.5. The van der Waals surface area contributed by atoms with E-state index in [1.165, 1.54) is 0 Å². The topological polar surface area (TPSA) is 48.0 Å². The molecule has 5 heteroatoms. The van der Waals surface area contributed by atoms with E-state index in [1.54, 1.807) is 0 Å². The fraction of sp³-hybridized carbons (Fsp3) is 0.467. The summed E-state index contributed by atoms with van der Waals surface area (Å²) in [4.78, 5) is 11.9. The maximum Gasteiger partial charge on any atom is 0.179 e. The molecule has 0 fully saturated rings. The molecule has 2 aromatic heterocycles. The van der Waals surface area contributed by atoms with E-state index < -0.39 is 0 Å². The second kappa shape index (κ2) is 5.44. The lowest BCUT2D eigenvalue weighted by Gasteiger charge is -2.18. The van der Waals surface area contributed by atoms with Crippen LogP contribution in [0.5, 0.6) is 0 Å². The van der Waals surface area contributed by atoms with E-state index >= 15 is 0 Å². The van der Waals surface area contributed by atoms with Crippen molar-refractivity contribution in [1.29, 1.82) is 0 Å². The molecule has 0 aliphatic heterocycles. The van der Waals surface area contributed by atoms with Gasteiger partial charge in [0, 0.05) is 22.5 Å². The zero-order valence-electron chi connectivity index (χ0n) is 12.5. The average molecular weight is 295 g/mol. The number of ketones is 1. The molecule has 0 aliphatic rings. The lowest BCUT2D eigenvalue weighted by molar-refractivity contribution is 0.102. The monoisotopic (exact) mass is 294 g/mol. The first-order valence-corrected chi connectivity index (χ1v) is 7.12. The van der Waals surface area contributed by atoms with Gasteiger partial charge in [0.2, 0.25) is 0 Å². The second-order valence-electron chi connectivity index (χ2n) is 5.13. The Balaban J connectivity index is 2.53. The van der Waals surface area contributed by atoms with E-state index in [1.807, 2.05) is 33.8 Å². The van der Waals surface area contributed by atoms with Gasteiger partial charge in [0.05, 0.1) is 17.6 Å². The van der Waals surface area contributed by atoms with Gasteiger partial charge in [-0.2, -0.15) is 0 Å². The Morgan fingerprint density at radius 1 is 1.40 bits per heavy atom. The van der Waals surface area contributed by atoms with Crippen molar-refractivity contribution in [3.05, 3.63) is 40.0 Å². The number of hydrogen-bond donors (Lipinski definition) is 0. The van der Waals surface area contributed by atoms with E-state index in [0.717, 1.165) is 28.4 Å². The molecule has 2 rings (SSSR count). The van der Waals surface area contributed by atoms with Gasteiger partial charge in [-0.25, -0.2) is 0 Å². The number of carbonyl (C=O) groups excluding carboxylic acids is 1. The molecular formula is C15H19ClN2O2. The van der Waals surface area contributed by atoms with E-state index in [-0.39, 0.29) is 17.7 Å². The first-order chi connectivity index (χ1) is 9.38. The van der Waals surface area contributed by atoms with Crippen LogP contribution >= 0.6 is 11.6 Å². The molecule has 4 nitrogen and oxygen atoms in total. The van der Waals surface area contributed by atoms with Crippen LogP contribution in [0.2, 0.25) is 0 Å². The molecule has 0 aliphatic carbocycles. The maximum absolute atomic E-state index is 11.9. The summed E-state index contributed by atoms with van der Waals surface area (Å²) in [6.07, 6.45) is 0. The third-order valence-electron chi connectivity index (χ3n) is 3.80. The molecule has 0 saturated carbocycles. The normalized spacial score (nSPS) is 12.7. The van der Waals surface area contributed by atoms with E-state index in [0.29, 0.717) is 5.56 Å². The van der Waals surface area contributed by atoms with Crippen LogP contribution < -0.4 is 0 Å². The van der Waals surface area contributed by atoms with Crippen LogP contribution in [-0.4, -0.2) is 21.4 Å². The van der Waals surface area contributed by atoms with E-state index in [2.05, 4.69) is 16.6 Å². The largest absolute Gasteiger partial charge is 0.361 e. The lowest BCUT2D eigenvalue weighted by atomic mass is 10.1. The number of aryl methyl sites for hydroxylation is 3. The van der Waals surface area contributed by atoms with Crippen molar-refractivity contribution in [3.63, 3.8) is 0 Å². The quantitative estimate of drug-likeness (QED) is 0.637. The number of aromatic nitrogens is 2. The van der Waals surface area contributed by atoms with Crippen LogP contribution in [0.1, 0.15) is 51.7 Å². The van der Waals surface area contributed by atoms with Gasteiger partial charge in [-0.3, -0.25) is 4.79 Å². The molecule has 2 heterocycles. The minimum atomic E-state index is -0.0445. The Hall–Kier alpha value is -1.55. The first kappa shape index (κ1) is 14.9. The Morgan fingerprint density at radius 2 is 2.05 bits per heavy atom. The minimum absolute atomic E-state index is 0.00396. The maximum atomic E-state index is 11.9. The average Bonchev–Trinajstić information content (AvgIpc) is 2.88. The van der Waals surface area contributed by atoms with Gasteiger partial charge < -0.3 is 9.09 Å². The second-order valence-corrected chi connectivity index (χ2v) is 5.39. The molecule has 108 valence electrons. The lowest BCUT2D eigenvalue weighted by Crippen LogP contribution is -2.12. The molecule has 2 aromatic rings. The third kappa shape index (κ3) is 2.29. The summed E-state index contributed by atoms with van der Waals surface area (Å²) >= 11 is 5.67. The standard InChI is InChI=1S/C15H19ClN2O2/c1-8-6-13(14(19)7-16)10(3)18(8)11(4)15-9(2)17-20-12(15)5/h6,11H,7H2,1-5H3. The predicted molar refractivity (Wildman–Crippen MR) is 78.7 cm³/mol. The van der Waals surface area contributed by atoms with Crippen molar-refractivity contribution >= 4 is 17.4 Å². The van der Waals surface area contributed by atoms with Gasteiger partial charge in [-0.15, -0.1) is 11.6 Å². The summed E-state index contributed by atoms with van der Waals surface area (Å²) < 4.78 is 7.37. The number of alkyl halides is 1. The molecule has 0 N–H and O–H groups in total. The molecule has 20 heavy (non-hydrogen) atoms. The smallest absolute Gasteiger partial charge is 0.179 e. The SMILES string of the molecule is Cc1noc(C)c1C(C)n1c(C)cc(C(=O)CCl)c1C. The summed E-state index contributed by atoms with van der Waals surface area (Å²) in [7, 11) is 0. The fourth-order valence-electron chi connectivity index (χ4n) is 2.94. The molecule has 1 unspecified atom stereocenters. The summed E-state index contributed by atoms with van der Waals surface area (Å²) in [5.41, 5.74) is 4.60. The number of hydrogen-bond acceptors (Lipinski definition) is 3. The van der Waals surface area contributed by atoms with E-state index in [4.69, 9.17) is 16.1 Å². The van der Waals surface area contributed by atoms with Crippen LogP contribution in [0.4, 0.5) is 0 Å². The van der Waals surface area contributed by atoms with Crippen molar-refractivity contribution in [3.8, 4) is 0 Å². The van der Waals surface area contributed by atoms with Crippen molar-refractivity contribution in [2.45, 2.75) is 40.7 Å². The van der Waals surface area contributed by atoms with Crippen LogP contribution in [0, 0.1) is 27.7 Å². The predicted octanol–water partition coefficient (Wildman–Crippen LogP) is 3.74. The van der Waals surface area contributed by atoms with Crippen molar-refractivity contribution < 1.29 is 9.32 Å². The van der Waals surface area contributed by atoms with Gasteiger partial charge in [0.15, 0.2) is 5.78 Å². The number of rotatable bonds is 4. The Morgan fingerprint density at radius 3 is 2.55 bits per heavy atom. The van der Waals surface area contributed by atoms with Gasteiger partial charge in [0.25, 0.3) is 0 Å². The first-order valence-electron chi connectivity index (χ1n) is 6.58. The Labute approximate surface area is 123 Å². The van der Waals surface area contributed by atoms with Crippen LogP contribution in [-0.2, 0) is 0 Å². The Kier molecular flexibility index (Phi) is 4.04. The van der Waals surface area contributed by atoms with E-state index in [9.17, 15) is 4.79 Å². The van der Waals surface area contributed by atoms with Crippen LogP contribution in [0.15, 0.2) is 10.6 Å². The molecule has 1 atom stereocenters. The Bertz CT molecular complexity index is 636. The highest BCUT2D eigenvalue weighted by molar-refractivity contribution is 6.30. The molecule has 0 amide bonds. The summed E-state index contributed by atoms with van der Waals surface area (Å²) in [6, 6.07) is 1.97. The molecular weight excluding hydrogens is 276 g/mol. The molecule has 0 bridgehead atoms. The fourth-order valence-corrected chi connectivity index (χ4v) is 3.09. The zero-order chi connectivity index (χ0) is 15.0. The van der Waals surface area contributed by atoms with Crippen molar-refractivity contribution in [2.75, 3.05) is 5.88 Å². The van der Waals surface area contributed by atoms with Gasteiger partial charge >= 0.3 is 0 Å². The van der Waals surface area contributed by atoms with Gasteiger partial charge in [-0.05, 0) is 40.7 Å². The number of nitrogens with zero attached hydrogens (tertiary/aromatic N) is 2. The highest BCUT2D eigenvalue weighted by Crippen LogP contribution is 2.29. The number of Topliss-reactive ketones (excluding diaryl/α,β-unsaturated/α-hetero) is 1. The zero-order valence-corrected chi connectivity index (χ0v) is 13.2. The summed E-state index contributed by atoms with van der Waals surface area (Å²) in [5.74, 6) is 0.772. The highest BCUT2D eigenvalue weighted by Gasteiger charge is 2.23. The molecule has 0 spiro atoms.